The third-order valence-electron chi connectivity index (χ3n) is 2.64. The molecule has 16 heavy (non-hydrogen) atoms. The van der Waals surface area contributed by atoms with Crippen LogP contribution < -0.4 is 10.6 Å². The number of nitrogens with one attached hydrogen (secondary N) is 2. The molecule has 0 aliphatic carbocycles. The zero-order chi connectivity index (χ0) is 11.4. The first-order valence-corrected chi connectivity index (χ1v) is 5.77. The van der Waals surface area contributed by atoms with E-state index in [-0.39, 0.29) is 17.1 Å². The Hall–Kier alpha value is -1.13. The van der Waals surface area contributed by atoms with Gasteiger partial charge in [-0.3, -0.25) is 4.79 Å². The zero-order valence-corrected chi connectivity index (χ0v) is 9.63. The molecule has 1 aliphatic heterocycles. The average Bonchev–Trinajstić information content (AvgIpc) is 2.31. The summed E-state index contributed by atoms with van der Waals surface area (Å²) in [5.74, 6) is -0.146. The quantitative estimate of drug-likeness (QED) is 0.763. The average molecular weight is 240 g/mol. The van der Waals surface area contributed by atoms with Crippen molar-refractivity contribution < 1.29 is 4.79 Å². The van der Waals surface area contributed by atoms with Crippen LogP contribution in [0.5, 0.6) is 0 Å². The Labute approximate surface area is 99.4 Å². The number of hydrogen-bond acceptors (Lipinski definition) is 3. The van der Waals surface area contributed by atoms with Crippen molar-refractivity contribution in [2.75, 3.05) is 13.1 Å². The number of nitrogens with zero attached hydrogens (tertiary/aromatic N) is 1. The molecule has 1 aliphatic rings. The predicted octanol–water partition coefficient (Wildman–Crippen LogP) is 1.22. The van der Waals surface area contributed by atoms with Gasteiger partial charge in [0.15, 0.2) is 0 Å². The van der Waals surface area contributed by atoms with Crippen LogP contribution in [0.1, 0.15) is 23.2 Å². The van der Waals surface area contributed by atoms with Gasteiger partial charge in [0.25, 0.3) is 5.91 Å². The molecule has 0 bridgehead atoms. The lowest BCUT2D eigenvalue weighted by atomic mass is 10.1. The van der Waals surface area contributed by atoms with Gasteiger partial charge in [0, 0.05) is 18.8 Å². The third-order valence-corrected chi connectivity index (χ3v) is 2.94. The van der Waals surface area contributed by atoms with Gasteiger partial charge >= 0.3 is 0 Å². The van der Waals surface area contributed by atoms with E-state index < -0.39 is 0 Å². The lowest BCUT2D eigenvalue weighted by Gasteiger charge is -2.23. The second-order valence-corrected chi connectivity index (χ2v) is 4.22. The Morgan fingerprint density at radius 3 is 3.19 bits per heavy atom. The third kappa shape index (κ3) is 2.71. The van der Waals surface area contributed by atoms with E-state index in [9.17, 15) is 4.79 Å². The highest BCUT2D eigenvalue weighted by Gasteiger charge is 2.17. The highest BCUT2D eigenvalue weighted by atomic mass is 35.5. The van der Waals surface area contributed by atoms with Crippen LogP contribution in [0, 0.1) is 0 Å². The minimum Gasteiger partial charge on any atom is -0.348 e. The first-order valence-electron chi connectivity index (χ1n) is 5.39. The molecule has 0 aromatic carbocycles. The van der Waals surface area contributed by atoms with Crippen LogP contribution >= 0.6 is 11.6 Å². The van der Waals surface area contributed by atoms with Crippen LogP contribution in [0.2, 0.25) is 5.15 Å². The van der Waals surface area contributed by atoms with Crippen molar-refractivity contribution >= 4 is 17.5 Å². The molecule has 2 N–H and O–H groups in total. The number of pyridine rings is 1. The number of aromatic nitrogens is 1. The summed E-state index contributed by atoms with van der Waals surface area (Å²) in [6.07, 6.45) is 3.67. The van der Waals surface area contributed by atoms with Gasteiger partial charge in [-0.05, 0) is 31.5 Å². The lowest BCUT2D eigenvalue weighted by molar-refractivity contribution is 0.0930. The lowest BCUT2D eigenvalue weighted by Crippen LogP contribution is -2.45. The van der Waals surface area contributed by atoms with Gasteiger partial charge < -0.3 is 10.6 Å². The van der Waals surface area contributed by atoms with Crippen LogP contribution in [0.4, 0.5) is 0 Å². The van der Waals surface area contributed by atoms with Gasteiger partial charge in [0.2, 0.25) is 0 Å². The maximum absolute atomic E-state index is 11.9. The Morgan fingerprint density at radius 2 is 2.50 bits per heavy atom. The second-order valence-electron chi connectivity index (χ2n) is 3.86. The minimum absolute atomic E-state index is 0.146. The topological polar surface area (TPSA) is 54.0 Å². The minimum atomic E-state index is -0.146. The largest absolute Gasteiger partial charge is 0.348 e. The molecule has 1 amide bonds. The maximum atomic E-state index is 11.9. The van der Waals surface area contributed by atoms with Crippen LogP contribution in [0.3, 0.4) is 0 Å². The molecule has 0 radical (unpaired) electrons. The van der Waals surface area contributed by atoms with Crippen LogP contribution in [-0.4, -0.2) is 30.0 Å². The van der Waals surface area contributed by atoms with Gasteiger partial charge in [0.05, 0.1) is 5.56 Å². The van der Waals surface area contributed by atoms with Gasteiger partial charge in [-0.2, -0.15) is 0 Å². The summed E-state index contributed by atoms with van der Waals surface area (Å²) in [5.41, 5.74) is 0.440. The van der Waals surface area contributed by atoms with Crippen molar-refractivity contribution in [1.82, 2.24) is 15.6 Å². The van der Waals surface area contributed by atoms with Crippen LogP contribution in [0.25, 0.3) is 0 Å². The number of amides is 1. The molecule has 1 fully saturated rings. The molecule has 2 heterocycles. The molecule has 1 aromatic rings. The fourth-order valence-corrected chi connectivity index (χ4v) is 2.00. The smallest absolute Gasteiger partial charge is 0.254 e. The number of piperidine rings is 1. The number of hydrogen-bond donors (Lipinski definition) is 2. The molecule has 86 valence electrons. The van der Waals surface area contributed by atoms with Crippen LogP contribution in [-0.2, 0) is 0 Å². The highest BCUT2D eigenvalue weighted by Crippen LogP contribution is 2.12. The van der Waals surface area contributed by atoms with E-state index in [0.717, 1.165) is 25.9 Å². The van der Waals surface area contributed by atoms with Crippen molar-refractivity contribution in [3.8, 4) is 0 Å². The molecule has 5 heteroatoms. The van der Waals surface area contributed by atoms with Gasteiger partial charge in [-0.1, -0.05) is 11.6 Å². The Balaban J connectivity index is 2.00. The monoisotopic (exact) mass is 239 g/mol. The highest BCUT2D eigenvalue weighted by molar-refractivity contribution is 6.32. The van der Waals surface area contributed by atoms with E-state index in [2.05, 4.69) is 15.6 Å². The van der Waals surface area contributed by atoms with Gasteiger partial charge in [-0.15, -0.1) is 0 Å². The second kappa shape index (κ2) is 5.27. The fourth-order valence-electron chi connectivity index (χ4n) is 1.79. The standard InChI is InChI=1S/C11H14ClN3O/c12-10-9(4-2-6-14-10)11(16)15-8-3-1-5-13-7-8/h2,4,6,8,13H,1,3,5,7H2,(H,15,16)/t8-/m0/s1. The number of carbonyl (C=O) groups is 1. The van der Waals surface area contributed by atoms with Crippen molar-refractivity contribution in [1.29, 1.82) is 0 Å². The molecule has 4 nitrogen and oxygen atoms in total. The zero-order valence-electron chi connectivity index (χ0n) is 8.87. The van der Waals surface area contributed by atoms with E-state index in [1.807, 2.05) is 0 Å². The molecule has 0 spiro atoms. The SMILES string of the molecule is O=C(N[C@H]1CCCNC1)c1cccnc1Cl. The van der Waals surface area contributed by atoms with Crippen molar-refractivity contribution in [2.45, 2.75) is 18.9 Å². The van der Waals surface area contributed by atoms with E-state index in [1.165, 1.54) is 0 Å². The Morgan fingerprint density at radius 1 is 1.62 bits per heavy atom. The summed E-state index contributed by atoms with van der Waals surface area (Å²) >= 11 is 5.85. The van der Waals surface area contributed by atoms with E-state index in [4.69, 9.17) is 11.6 Å². The molecule has 1 aromatic heterocycles. The first-order chi connectivity index (χ1) is 7.77. The molecule has 0 saturated carbocycles. The molecular weight excluding hydrogens is 226 g/mol. The number of rotatable bonds is 2. The fraction of sp³-hybridized carbons (Fsp3) is 0.455. The summed E-state index contributed by atoms with van der Waals surface area (Å²) in [6, 6.07) is 3.58. The summed E-state index contributed by atoms with van der Waals surface area (Å²) in [6.45, 7) is 1.85. The maximum Gasteiger partial charge on any atom is 0.254 e. The molecular formula is C11H14ClN3O. The molecule has 2 rings (SSSR count). The molecule has 1 atom stereocenters. The Kier molecular flexibility index (Phi) is 3.74. The van der Waals surface area contributed by atoms with E-state index in [0.29, 0.717) is 5.56 Å². The molecule has 0 unspecified atom stereocenters. The van der Waals surface area contributed by atoms with Crippen molar-refractivity contribution in [3.63, 3.8) is 0 Å². The van der Waals surface area contributed by atoms with E-state index >= 15 is 0 Å². The summed E-state index contributed by atoms with van der Waals surface area (Å²) < 4.78 is 0. The molecule has 1 saturated heterocycles. The van der Waals surface area contributed by atoms with Crippen molar-refractivity contribution in [3.05, 3.63) is 29.0 Å². The van der Waals surface area contributed by atoms with E-state index in [1.54, 1.807) is 18.3 Å². The summed E-state index contributed by atoms with van der Waals surface area (Å²) in [4.78, 5) is 15.8. The summed E-state index contributed by atoms with van der Waals surface area (Å²) in [5, 5.41) is 6.45. The van der Waals surface area contributed by atoms with Gasteiger partial charge in [-0.25, -0.2) is 4.98 Å². The Bertz CT molecular complexity index is 377. The number of carbonyl (C=O) groups excluding carboxylic acids is 1. The predicted molar refractivity (Wildman–Crippen MR) is 62.6 cm³/mol. The normalized spacial score (nSPS) is 20.4. The first kappa shape index (κ1) is 11.4. The van der Waals surface area contributed by atoms with Crippen LogP contribution in [0.15, 0.2) is 18.3 Å². The van der Waals surface area contributed by atoms with Crippen molar-refractivity contribution in [2.24, 2.45) is 0 Å². The summed E-state index contributed by atoms with van der Waals surface area (Å²) in [7, 11) is 0. The van der Waals surface area contributed by atoms with Gasteiger partial charge in [0.1, 0.15) is 5.15 Å². The number of halogens is 1.